The highest BCUT2D eigenvalue weighted by molar-refractivity contribution is 9.10. The maximum Gasteiger partial charge on any atom is 0.222 e. The van der Waals surface area contributed by atoms with E-state index in [0.29, 0.717) is 0 Å². The lowest BCUT2D eigenvalue weighted by Crippen LogP contribution is -2.41. The number of halogens is 1. The minimum atomic E-state index is -3.27. The predicted molar refractivity (Wildman–Crippen MR) is 61.0 cm³/mol. The second kappa shape index (κ2) is 4.26. The first-order valence-corrected chi connectivity index (χ1v) is 7.50. The SMILES string of the molecule is CC(C)(NS(=O)(=O)CBr)c1nccs1. The highest BCUT2D eigenvalue weighted by Gasteiger charge is 2.28. The third-order valence-electron chi connectivity index (χ3n) is 1.52. The van der Waals surface area contributed by atoms with Gasteiger partial charge in [0.2, 0.25) is 10.0 Å². The van der Waals surface area contributed by atoms with E-state index in [1.165, 1.54) is 11.3 Å². The van der Waals surface area contributed by atoms with E-state index >= 15 is 0 Å². The Hall–Kier alpha value is 0.0200. The zero-order chi connectivity index (χ0) is 10.8. The Morgan fingerprint density at radius 1 is 1.64 bits per heavy atom. The van der Waals surface area contributed by atoms with E-state index in [1.54, 1.807) is 20.0 Å². The molecule has 1 rings (SSSR count). The molecule has 80 valence electrons. The van der Waals surface area contributed by atoms with Crippen LogP contribution < -0.4 is 4.72 Å². The van der Waals surface area contributed by atoms with Crippen molar-refractivity contribution in [3.63, 3.8) is 0 Å². The van der Waals surface area contributed by atoms with Crippen LogP contribution in [0.15, 0.2) is 11.6 Å². The molecule has 14 heavy (non-hydrogen) atoms. The molecule has 0 spiro atoms. The van der Waals surface area contributed by atoms with Crippen molar-refractivity contribution in [2.24, 2.45) is 0 Å². The van der Waals surface area contributed by atoms with Gasteiger partial charge < -0.3 is 0 Å². The van der Waals surface area contributed by atoms with E-state index in [-0.39, 0.29) is 4.66 Å². The van der Waals surface area contributed by atoms with Crippen molar-refractivity contribution in [1.82, 2.24) is 9.71 Å². The number of aromatic nitrogens is 1. The van der Waals surface area contributed by atoms with E-state index in [9.17, 15) is 8.42 Å². The van der Waals surface area contributed by atoms with Crippen LogP contribution in [0.3, 0.4) is 0 Å². The quantitative estimate of drug-likeness (QED) is 0.860. The van der Waals surface area contributed by atoms with Gasteiger partial charge in [0.25, 0.3) is 0 Å². The van der Waals surface area contributed by atoms with E-state index < -0.39 is 15.6 Å². The summed E-state index contributed by atoms with van der Waals surface area (Å²) in [6.45, 7) is 3.57. The van der Waals surface area contributed by atoms with Gasteiger partial charge in [-0.3, -0.25) is 0 Å². The fraction of sp³-hybridized carbons (Fsp3) is 0.571. The predicted octanol–water partition coefficient (Wildman–Crippen LogP) is 1.65. The van der Waals surface area contributed by atoms with Crippen molar-refractivity contribution >= 4 is 37.3 Å². The number of nitrogens with zero attached hydrogens (tertiary/aromatic N) is 1. The normalized spacial score (nSPS) is 13.1. The topological polar surface area (TPSA) is 59.1 Å². The lowest BCUT2D eigenvalue weighted by Gasteiger charge is -2.22. The lowest BCUT2D eigenvalue weighted by atomic mass is 10.1. The van der Waals surface area contributed by atoms with Crippen LogP contribution in [0.2, 0.25) is 0 Å². The van der Waals surface area contributed by atoms with Crippen LogP contribution in [0.25, 0.3) is 0 Å². The molecule has 0 atom stereocenters. The Bertz CT molecular complexity index is 386. The molecule has 0 bridgehead atoms. The molecule has 0 radical (unpaired) electrons. The smallest absolute Gasteiger partial charge is 0.222 e. The van der Waals surface area contributed by atoms with Gasteiger partial charge in [-0.05, 0) is 13.8 Å². The second-order valence-corrected chi connectivity index (χ2v) is 7.21. The fourth-order valence-corrected chi connectivity index (χ4v) is 3.05. The summed E-state index contributed by atoms with van der Waals surface area (Å²) in [4.78, 5) is 4.08. The summed E-state index contributed by atoms with van der Waals surface area (Å²) >= 11 is 4.35. The van der Waals surface area contributed by atoms with Crippen molar-refractivity contribution in [1.29, 1.82) is 0 Å². The molecule has 0 aliphatic carbocycles. The Balaban J connectivity index is 2.88. The average Bonchev–Trinajstić information content (AvgIpc) is 2.54. The van der Waals surface area contributed by atoms with Gasteiger partial charge in [-0.25, -0.2) is 18.1 Å². The van der Waals surface area contributed by atoms with Gasteiger partial charge in [0.05, 0.1) is 5.54 Å². The minimum absolute atomic E-state index is 0.102. The molecule has 1 N–H and O–H groups in total. The highest BCUT2D eigenvalue weighted by atomic mass is 79.9. The van der Waals surface area contributed by atoms with Crippen LogP contribution in [0.1, 0.15) is 18.9 Å². The summed E-state index contributed by atoms with van der Waals surface area (Å²) in [7, 11) is -3.27. The zero-order valence-electron chi connectivity index (χ0n) is 7.82. The molecular weight excluding hydrogens is 288 g/mol. The van der Waals surface area contributed by atoms with Crippen LogP contribution >= 0.6 is 27.3 Å². The molecule has 0 aliphatic heterocycles. The third-order valence-corrected chi connectivity index (χ3v) is 5.53. The Morgan fingerprint density at radius 3 is 2.71 bits per heavy atom. The molecule has 0 fully saturated rings. The van der Waals surface area contributed by atoms with Crippen molar-refractivity contribution in [3.8, 4) is 0 Å². The number of hydrogen-bond donors (Lipinski definition) is 1. The van der Waals surface area contributed by atoms with E-state index in [2.05, 4.69) is 25.6 Å². The molecule has 1 aromatic rings. The first-order valence-electron chi connectivity index (χ1n) is 3.85. The molecule has 1 heterocycles. The Kier molecular flexibility index (Phi) is 3.68. The molecule has 0 aliphatic rings. The van der Waals surface area contributed by atoms with Gasteiger partial charge in [0.1, 0.15) is 9.67 Å². The van der Waals surface area contributed by atoms with Gasteiger partial charge in [0.15, 0.2) is 0 Å². The van der Waals surface area contributed by atoms with Crippen LogP contribution in [0, 0.1) is 0 Å². The largest absolute Gasteiger partial charge is 0.248 e. The van der Waals surface area contributed by atoms with Crippen LogP contribution in [-0.2, 0) is 15.6 Å². The maximum atomic E-state index is 11.3. The van der Waals surface area contributed by atoms with E-state index in [0.717, 1.165) is 5.01 Å². The Morgan fingerprint density at radius 2 is 2.29 bits per heavy atom. The first-order chi connectivity index (χ1) is 6.37. The maximum absolute atomic E-state index is 11.3. The first kappa shape index (κ1) is 12.1. The minimum Gasteiger partial charge on any atom is -0.248 e. The van der Waals surface area contributed by atoms with E-state index in [4.69, 9.17) is 0 Å². The van der Waals surface area contributed by atoms with Crippen molar-refractivity contribution in [2.75, 3.05) is 4.66 Å². The van der Waals surface area contributed by atoms with Gasteiger partial charge in [-0.2, -0.15) is 0 Å². The van der Waals surface area contributed by atoms with Crippen LogP contribution in [0.5, 0.6) is 0 Å². The summed E-state index contributed by atoms with van der Waals surface area (Å²) in [6.07, 6.45) is 1.66. The molecule has 0 amide bonds. The van der Waals surface area contributed by atoms with Crippen molar-refractivity contribution < 1.29 is 8.42 Å². The zero-order valence-corrected chi connectivity index (χ0v) is 11.0. The third kappa shape index (κ3) is 3.01. The number of thiazole rings is 1. The number of hydrogen-bond acceptors (Lipinski definition) is 4. The molecule has 1 aromatic heterocycles. The molecule has 0 saturated heterocycles. The van der Waals surface area contributed by atoms with Crippen molar-refractivity contribution in [3.05, 3.63) is 16.6 Å². The average molecular weight is 299 g/mol. The lowest BCUT2D eigenvalue weighted by molar-refractivity contribution is 0.472. The van der Waals surface area contributed by atoms with Gasteiger partial charge >= 0.3 is 0 Å². The summed E-state index contributed by atoms with van der Waals surface area (Å²) in [5.74, 6) is 0. The van der Waals surface area contributed by atoms with Crippen molar-refractivity contribution in [2.45, 2.75) is 19.4 Å². The Labute approximate surface area is 95.9 Å². The number of sulfonamides is 1. The highest BCUT2D eigenvalue weighted by Crippen LogP contribution is 2.23. The number of rotatable bonds is 4. The molecule has 7 heteroatoms. The van der Waals surface area contributed by atoms with Gasteiger partial charge in [0, 0.05) is 11.6 Å². The standard InChI is InChI=1S/C7H11BrN2O2S2/c1-7(2,6-9-3-4-13-6)10-14(11,12)5-8/h3-4,10H,5H2,1-2H3. The summed E-state index contributed by atoms with van der Waals surface area (Å²) in [5, 5.41) is 2.57. The fourth-order valence-electron chi connectivity index (χ4n) is 0.992. The van der Waals surface area contributed by atoms with Gasteiger partial charge in [-0.15, -0.1) is 11.3 Å². The second-order valence-electron chi connectivity index (χ2n) is 3.29. The van der Waals surface area contributed by atoms with Crippen LogP contribution in [-0.4, -0.2) is 18.1 Å². The molecule has 0 unspecified atom stereocenters. The number of alkyl halides is 1. The monoisotopic (exact) mass is 298 g/mol. The summed E-state index contributed by atoms with van der Waals surface area (Å²) in [6, 6.07) is 0. The molecule has 4 nitrogen and oxygen atoms in total. The molecular formula is C7H11BrN2O2S2. The van der Waals surface area contributed by atoms with Gasteiger partial charge in [-0.1, -0.05) is 15.9 Å². The molecule has 0 aromatic carbocycles. The number of nitrogens with one attached hydrogen (secondary N) is 1. The van der Waals surface area contributed by atoms with E-state index in [1.807, 2.05) is 5.38 Å². The molecule has 0 saturated carbocycles. The van der Waals surface area contributed by atoms with Crippen LogP contribution in [0.4, 0.5) is 0 Å². The summed E-state index contributed by atoms with van der Waals surface area (Å²) in [5.41, 5.74) is -0.652. The summed E-state index contributed by atoms with van der Waals surface area (Å²) < 4.78 is 25.1.